The van der Waals surface area contributed by atoms with Crippen LogP contribution in [0, 0.1) is 0 Å². The largest absolute Gasteiger partial charge is 0.345 e. The van der Waals surface area contributed by atoms with E-state index in [2.05, 4.69) is 25.9 Å². The summed E-state index contributed by atoms with van der Waals surface area (Å²) in [6.45, 7) is 1.80. The van der Waals surface area contributed by atoms with Crippen molar-refractivity contribution in [3.63, 3.8) is 0 Å². The van der Waals surface area contributed by atoms with Crippen LogP contribution in [0.25, 0.3) is 11.5 Å². The molecule has 2 atom stereocenters. The molecule has 2 heterocycles. The Bertz CT molecular complexity index is 893. The second kappa shape index (κ2) is 8.98. The summed E-state index contributed by atoms with van der Waals surface area (Å²) in [5.41, 5.74) is 1.53. The van der Waals surface area contributed by atoms with Crippen LogP contribution in [-0.2, 0) is 11.8 Å². The van der Waals surface area contributed by atoms with E-state index in [0.717, 1.165) is 11.1 Å². The minimum atomic E-state index is -0.520. The summed E-state index contributed by atoms with van der Waals surface area (Å²) < 4.78 is 6.93. The van der Waals surface area contributed by atoms with Crippen molar-refractivity contribution in [2.75, 3.05) is 7.05 Å². The highest BCUT2D eigenvalue weighted by atomic mass is 35.5. The van der Waals surface area contributed by atoms with E-state index in [-0.39, 0.29) is 18.3 Å². The Hall–Kier alpha value is -2.42. The summed E-state index contributed by atoms with van der Waals surface area (Å²) in [5, 5.41) is 14.5. The topological polar surface area (TPSA) is 97.9 Å². The summed E-state index contributed by atoms with van der Waals surface area (Å²) in [4.78, 5) is 16.9. The van der Waals surface area contributed by atoms with E-state index < -0.39 is 12.1 Å². The number of hydrogen-bond donors (Lipinski definition) is 2. The van der Waals surface area contributed by atoms with Crippen molar-refractivity contribution in [3.05, 3.63) is 53.1 Å². The number of nitrogens with zero attached hydrogens (tertiary/aromatic N) is 4. The Morgan fingerprint density at radius 3 is 2.59 bits per heavy atom. The quantitative estimate of drug-likeness (QED) is 0.647. The van der Waals surface area contributed by atoms with Crippen LogP contribution < -0.4 is 10.6 Å². The highest BCUT2D eigenvalue weighted by Gasteiger charge is 2.24. The third-order valence-electron chi connectivity index (χ3n) is 3.89. The van der Waals surface area contributed by atoms with E-state index in [1.165, 1.54) is 0 Å². The minimum absolute atomic E-state index is 0. The van der Waals surface area contributed by atoms with E-state index in [4.69, 9.17) is 16.1 Å². The normalized spacial score (nSPS) is 12.9. The van der Waals surface area contributed by atoms with Crippen molar-refractivity contribution in [1.82, 2.24) is 30.6 Å². The molecule has 0 saturated carbocycles. The number of hydrogen-bond acceptors (Lipinski definition) is 6. The van der Waals surface area contributed by atoms with Crippen LogP contribution in [-0.4, -0.2) is 32.9 Å². The Kier molecular flexibility index (Phi) is 6.95. The molecule has 10 heteroatoms. The molecule has 1 amide bonds. The minimum Gasteiger partial charge on any atom is -0.345 e. The average Bonchev–Trinajstić information content (AvgIpc) is 3.26. The summed E-state index contributed by atoms with van der Waals surface area (Å²) in [6, 6.07) is 6.15. The van der Waals surface area contributed by atoms with Gasteiger partial charge in [-0.05, 0) is 38.2 Å². The third kappa shape index (κ3) is 4.85. The standard InChI is InChI=1S/C17H19ClN6O2.ClH/c1-10(21-16(25)14(19-2)12-8-20-24(3)9-12)15-22-17(26-23-15)11-4-6-13(18)7-5-11;/h4-10,14,19H,1-3H3,(H,21,25);1H. The van der Waals surface area contributed by atoms with Crippen LogP contribution in [0.5, 0.6) is 0 Å². The summed E-state index contributed by atoms with van der Waals surface area (Å²) >= 11 is 5.88. The zero-order valence-electron chi connectivity index (χ0n) is 15.0. The van der Waals surface area contributed by atoms with Gasteiger partial charge in [0, 0.05) is 29.4 Å². The number of halogens is 2. The van der Waals surface area contributed by atoms with Crippen LogP contribution >= 0.6 is 24.0 Å². The van der Waals surface area contributed by atoms with Gasteiger partial charge in [-0.2, -0.15) is 10.1 Å². The lowest BCUT2D eigenvalue weighted by Crippen LogP contribution is -2.37. The van der Waals surface area contributed by atoms with Gasteiger partial charge in [0.15, 0.2) is 5.82 Å². The van der Waals surface area contributed by atoms with Crippen molar-refractivity contribution < 1.29 is 9.32 Å². The number of nitrogens with one attached hydrogen (secondary N) is 2. The van der Waals surface area contributed by atoms with Gasteiger partial charge in [-0.15, -0.1) is 12.4 Å². The monoisotopic (exact) mass is 410 g/mol. The van der Waals surface area contributed by atoms with E-state index in [1.54, 1.807) is 62.4 Å². The molecule has 3 rings (SSSR count). The lowest BCUT2D eigenvalue weighted by Gasteiger charge is -2.17. The van der Waals surface area contributed by atoms with Gasteiger partial charge in [0.25, 0.3) is 5.89 Å². The maximum absolute atomic E-state index is 12.6. The number of likely N-dealkylation sites (N-methyl/N-ethyl adjacent to an activating group) is 1. The molecule has 144 valence electrons. The molecular weight excluding hydrogens is 391 g/mol. The number of benzene rings is 1. The molecule has 3 aromatic rings. The van der Waals surface area contributed by atoms with Gasteiger partial charge in [0.05, 0.1) is 12.2 Å². The van der Waals surface area contributed by atoms with Gasteiger partial charge >= 0.3 is 0 Å². The summed E-state index contributed by atoms with van der Waals surface area (Å²) in [6.07, 6.45) is 3.44. The van der Waals surface area contributed by atoms with Gasteiger partial charge in [-0.25, -0.2) is 0 Å². The second-order valence-corrected chi connectivity index (χ2v) is 6.30. The molecule has 27 heavy (non-hydrogen) atoms. The predicted octanol–water partition coefficient (Wildman–Crippen LogP) is 2.68. The van der Waals surface area contributed by atoms with E-state index in [9.17, 15) is 4.79 Å². The number of aryl methyl sites for hydroxylation is 1. The van der Waals surface area contributed by atoms with Crippen molar-refractivity contribution in [1.29, 1.82) is 0 Å². The first-order valence-electron chi connectivity index (χ1n) is 8.03. The number of carbonyl (C=O) groups excluding carboxylic acids is 1. The third-order valence-corrected chi connectivity index (χ3v) is 4.14. The lowest BCUT2D eigenvalue weighted by atomic mass is 10.1. The fraction of sp³-hybridized carbons (Fsp3) is 0.294. The number of aromatic nitrogens is 4. The summed E-state index contributed by atoms with van der Waals surface area (Å²) in [7, 11) is 3.52. The van der Waals surface area contributed by atoms with Gasteiger partial charge in [0.1, 0.15) is 6.04 Å². The van der Waals surface area contributed by atoms with Gasteiger partial charge < -0.3 is 15.2 Å². The molecule has 1 aromatic carbocycles. The fourth-order valence-electron chi connectivity index (χ4n) is 2.52. The second-order valence-electron chi connectivity index (χ2n) is 5.86. The molecule has 8 nitrogen and oxygen atoms in total. The zero-order chi connectivity index (χ0) is 18.7. The van der Waals surface area contributed by atoms with E-state index in [1.807, 2.05) is 0 Å². The highest BCUT2D eigenvalue weighted by molar-refractivity contribution is 6.30. The van der Waals surface area contributed by atoms with Crippen molar-refractivity contribution >= 4 is 29.9 Å². The SMILES string of the molecule is CNC(C(=O)NC(C)c1noc(-c2ccc(Cl)cc2)n1)c1cnn(C)c1.Cl. The molecule has 0 radical (unpaired) electrons. The van der Waals surface area contributed by atoms with Gasteiger partial charge in [-0.1, -0.05) is 16.8 Å². The lowest BCUT2D eigenvalue weighted by molar-refractivity contribution is -0.123. The van der Waals surface area contributed by atoms with Crippen LogP contribution in [0.3, 0.4) is 0 Å². The van der Waals surface area contributed by atoms with Crippen LogP contribution in [0.1, 0.15) is 30.4 Å². The Labute approximate surface area is 167 Å². The van der Waals surface area contributed by atoms with Crippen LogP contribution in [0.4, 0.5) is 0 Å². The Morgan fingerprint density at radius 1 is 1.30 bits per heavy atom. The molecule has 2 aromatic heterocycles. The van der Waals surface area contributed by atoms with Crippen LogP contribution in [0.15, 0.2) is 41.2 Å². The molecule has 0 bridgehead atoms. The zero-order valence-corrected chi connectivity index (χ0v) is 16.6. The molecule has 2 unspecified atom stereocenters. The summed E-state index contributed by atoms with van der Waals surface area (Å²) in [5.74, 6) is 0.561. The van der Waals surface area contributed by atoms with Gasteiger partial charge in [-0.3, -0.25) is 9.48 Å². The van der Waals surface area contributed by atoms with Crippen molar-refractivity contribution in [2.45, 2.75) is 19.0 Å². The molecule has 0 fully saturated rings. The predicted molar refractivity (Wildman–Crippen MR) is 104 cm³/mol. The average molecular weight is 411 g/mol. The molecule has 2 N–H and O–H groups in total. The van der Waals surface area contributed by atoms with Crippen molar-refractivity contribution in [2.24, 2.45) is 7.05 Å². The van der Waals surface area contributed by atoms with Crippen LogP contribution in [0.2, 0.25) is 5.02 Å². The Morgan fingerprint density at radius 2 is 2.00 bits per heavy atom. The molecular formula is C17H20Cl2N6O2. The fourth-order valence-corrected chi connectivity index (χ4v) is 2.65. The molecule has 0 saturated heterocycles. The number of amides is 1. The number of carbonyl (C=O) groups is 1. The first-order chi connectivity index (χ1) is 12.5. The molecule has 0 aliphatic heterocycles. The van der Waals surface area contributed by atoms with E-state index in [0.29, 0.717) is 16.7 Å². The molecule has 0 aliphatic carbocycles. The molecule has 0 aliphatic rings. The molecule has 0 spiro atoms. The van der Waals surface area contributed by atoms with Gasteiger partial charge in [0.2, 0.25) is 5.91 Å². The first-order valence-corrected chi connectivity index (χ1v) is 8.41. The van der Waals surface area contributed by atoms with Crippen molar-refractivity contribution in [3.8, 4) is 11.5 Å². The maximum atomic E-state index is 12.6. The number of rotatable bonds is 6. The smallest absolute Gasteiger partial charge is 0.257 e. The maximum Gasteiger partial charge on any atom is 0.257 e. The van der Waals surface area contributed by atoms with E-state index >= 15 is 0 Å². The first kappa shape index (κ1) is 20.9. The Balaban J connectivity index is 0.00000261. The highest BCUT2D eigenvalue weighted by Crippen LogP contribution is 2.22.